The van der Waals surface area contributed by atoms with Crippen molar-refractivity contribution in [2.75, 3.05) is 26.2 Å². The van der Waals surface area contributed by atoms with E-state index in [1.165, 1.54) is 6.42 Å². The molecule has 122 valence electrons. The Kier molecular flexibility index (Phi) is 4.82. The van der Waals surface area contributed by atoms with E-state index in [-0.39, 0.29) is 6.04 Å². The molecular weight excluding hydrogens is 298 g/mol. The van der Waals surface area contributed by atoms with Crippen LogP contribution in [0.15, 0.2) is 30.3 Å². The summed E-state index contributed by atoms with van der Waals surface area (Å²) in [5.74, 6) is 0.564. The van der Waals surface area contributed by atoms with Gasteiger partial charge in [-0.15, -0.1) is 0 Å². The topological polar surface area (TPSA) is 66.6 Å². The van der Waals surface area contributed by atoms with Crippen LogP contribution in [0, 0.1) is 5.92 Å². The van der Waals surface area contributed by atoms with E-state index in [1.54, 1.807) is 8.61 Å². The van der Waals surface area contributed by atoms with Crippen molar-refractivity contribution in [1.29, 1.82) is 0 Å². The zero-order chi connectivity index (χ0) is 15.6. The standard InChI is InChI=1S/C16H25N3O2S/c17-9-11-18(10-8-14-4-2-1-3-5-14)22(20,21)19-13-15-6-7-16(19)12-15/h1-5,15-16H,6-13,17H2. The van der Waals surface area contributed by atoms with E-state index in [1.807, 2.05) is 30.3 Å². The van der Waals surface area contributed by atoms with Crippen LogP contribution in [0.1, 0.15) is 24.8 Å². The van der Waals surface area contributed by atoms with Crippen LogP contribution in [0.25, 0.3) is 0 Å². The summed E-state index contributed by atoms with van der Waals surface area (Å²) in [6, 6.07) is 10.2. The highest BCUT2D eigenvalue weighted by molar-refractivity contribution is 7.86. The maximum Gasteiger partial charge on any atom is 0.282 e. The van der Waals surface area contributed by atoms with Crippen LogP contribution in [-0.4, -0.2) is 49.2 Å². The van der Waals surface area contributed by atoms with Gasteiger partial charge in [-0.3, -0.25) is 0 Å². The number of nitrogens with two attached hydrogens (primary N) is 1. The van der Waals surface area contributed by atoms with Gasteiger partial charge in [-0.25, -0.2) is 0 Å². The average molecular weight is 323 g/mol. The van der Waals surface area contributed by atoms with Gasteiger partial charge in [-0.1, -0.05) is 30.3 Å². The van der Waals surface area contributed by atoms with E-state index in [0.29, 0.717) is 32.1 Å². The van der Waals surface area contributed by atoms with Crippen molar-refractivity contribution in [3.8, 4) is 0 Å². The van der Waals surface area contributed by atoms with Gasteiger partial charge in [0.1, 0.15) is 0 Å². The molecule has 6 heteroatoms. The van der Waals surface area contributed by atoms with Gasteiger partial charge in [-0.2, -0.15) is 17.0 Å². The minimum atomic E-state index is -3.38. The summed E-state index contributed by atoms with van der Waals surface area (Å²) in [5, 5.41) is 0. The summed E-state index contributed by atoms with van der Waals surface area (Å²) in [4.78, 5) is 0. The van der Waals surface area contributed by atoms with Crippen molar-refractivity contribution in [3.05, 3.63) is 35.9 Å². The maximum absolute atomic E-state index is 12.9. The first kappa shape index (κ1) is 15.9. The van der Waals surface area contributed by atoms with Gasteiger partial charge >= 0.3 is 0 Å². The minimum absolute atomic E-state index is 0.215. The number of benzene rings is 1. The van der Waals surface area contributed by atoms with Crippen molar-refractivity contribution in [2.24, 2.45) is 11.7 Å². The molecule has 2 bridgehead atoms. The third-order valence-corrected chi connectivity index (χ3v) is 6.91. The van der Waals surface area contributed by atoms with E-state index >= 15 is 0 Å². The molecule has 1 aliphatic carbocycles. The predicted octanol–water partition coefficient (Wildman–Crippen LogP) is 1.22. The monoisotopic (exact) mass is 323 g/mol. The molecule has 2 atom stereocenters. The van der Waals surface area contributed by atoms with Gasteiger partial charge < -0.3 is 5.73 Å². The van der Waals surface area contributed by atoms with E-state index in [0.717, 1.165) is 24.8 Å². The average Bonchev–Trinajstić information content (AvgIpc) is 3.15. The Hall–Kier alpha value is -0.950. The van der Waals surface area contributed by atoms with Crippen molar-refractivity contribution in [1.82, 2.24) is 8.61 Å². The molecule has 1 aromatic rings. The highest BCUT2D eigenvalue weighted by atomic mass is 32.2. The second-order valence-corrected chi connectivity index (χ2v) is 8.21. The summed E-state index contributed by atoms with van der Waals surface area (Å²) in [6.07, 6.45) is 3.95. The van der Waals surface area contributed by atoms with E-state index in [4.69, 9.17) is 5.73 Å². The minimum Gasteiger partial charge on any atom is -0.329 e. The Labute approximate surface area is 133 Å². The first-order valence-corrected chi connectivity index (χ1v) is 9.52. The molecule has 2 unspecified atom stereocenters. The van der Waals surface area contributed by atoms with Crippen LogP contribution < -0.4 is 5.73 Å². The number of piperidine rings is 1. The third-order valence-electron chi connectivity index (χ3n) is 4.85. The Morgan fingerprint density at radius 3 is 2.55 bits per heavy atom. The Morgan fingerprint density at radius 1 is 1.18 bits per heavy atom. The molecule has 3 rings (SSSR count). The normalized spacial score (nSPS) is 25.2. The van der Waals surface area contributed by atoms with Crippen molar-refractivity contribution < 1.29 is 8.42 Å². The fourth-order valence-corrected chi connectivity index (χ4v) is 5.62. The lowest BCUT2D eigenvalue weighted by molar-refractivity contribution is 0.294. The third kappa shape index (κ3) is 3.20. The van der Waals surface area contributed by atoms with E-state index in [2.05, 4.69) is 0 Å². The van der Waals surface area contributed by atoms with Crippen molar-refractivity contribution >= 4 is 10.2 Å². The van der Waals surface area contributed by atoms with Crippen LogP contribution in [0.4, 0.5) is 0 Å². The Bertz CT molecular complexity index is 591. The van der Waals surface area contributed by atoms with Crippen LogP contribution in [0.5, 0.6) is 0 Å². The zero-order valence-electron chi connectivity index (χ0n) is 12.9. The van der Waals surface area contributed by atoms with Gasteiger partial charge in [-0.05, 0) is 37.2 Å². The predicted molar refractivity (Wildman–Crippen MR) is 87.5 cm³/mol. The number of hydrogen-bond donors (Lipinski definition) is 1. The molecule has 0 spiro atoms. The van der Waals surface area contributed by atoms with Gasteiger partial charge in [0, 0.05) is 32.2 Å². The summed E-state index contributed by atoms with van der Waals surface area (Å²) >= 11 is 0. The highest BCUT2D eigenvalue weighted by Gasteiger charge is 2.45. The van der Waals surface area contributed by atoms with Crippen LogP contribution >= 0.6 is 0 Å². The lowest BCUT2D eigenvalue weighted by atomic mass is 10.1. The molecule has 0 aromatic heterocycles. The molecule has 5 nitrogen and oxygen atoms in total. The summed E-state index contributed by atoms with van der Waals surface area (Å²) in [7, 11) is -3.38. The van der Waals surface area contributed by atoms with Crippen molar-refractivity contribution in [2.45, 2.75) is 31.7 Å². The molecule has 2 N–H and O–H groups in total. The summed E-state index contributed by atoms with van der Waals surface area (Å²) in [5.41, 5.74) is 6.80. The van der Waals surface area contributed by atoms with Crippen LogP contribution in [0.3, 0.4) is 0 Å². The maximum atomic E-state index is 12.9. The summed E-state index contributed by atoms with van der Waals surface area (Å²) in [6.45, 7) is 1.94. The van der Waals surface area contributed by atoms with E-state index < -0.39 is 10.2 Å². The zero-order valence-corrected chi connectivity index (χ0v) is 13.7. The molecule has 2 fully saturated rings. The quantitative estimate of drug-likeness (QED) is 0.820. The molecule has 1 heterocycles. The van der Waals surface area contributed by atoms with Gasteiger partial charge in [0.15, 0.2) is 0 Å². The molecule has 1 saturated carbocycles. The van der Waals surface area contributed by atoms with Gasteiger partial charge in [0.05, 0.1) is 0 Å². The highest BCUT2D eigenvalue weighted by Crippen LogP contribution is 2.39. The lowest BCUT2D eigenvalue weighted by Gasteiger charge is -2.32. The van der Waals surface area contributed by atoms with Crippen molar-refractivity contribution in [3.63, 3.8) is 0 Å². The fraction of sp³-hybridized carbons (Fsp3) is 0.625. The number of rotatable bonds is 7. The Balaban J connectivity index is 1.69. The molecular formula is C16H25N3O2S. The fourth-order valence-electron chi connectivity index (χ4n) is 3.70. The molecule has 0 amide bonds. The van der Waals surface area contributed by atoms with Gasteiger partial charge in [0.2, 0.25) is 0 Å². The molecule has 0 radical (unpaired) electrons. The van der Waals surface area contributed by atoms with Crippen LogP contribution in [0.2, 0.25) is 0 Å². The Morgan fingerprint density at radius 2 is 1.95 bits per heavy atom. The lowest BCUT2D eigenvalue weighted by Crippen LogP contribution is -2.49. The summed E-state index contributed by atoms with van der Waals surface area (Å²) < 4.78 is 29.2. The number of nitrogens with zero attached hydrogens (tertiary/aromatic N) is 2. The molecule has 1 saturated heterocycles. The first-order valence-electron chi connectivity index (χ1n) is 8.12. The SMILES string of the molecule is NCCN(CCc1ccccc1)S(=O)(=O)N1CC2CCC1C2. The van der Waals surface area contributed by atoms with Crippen LogP contribution in [-0.2, 0) is 16.6 Å². The smallest absolute Gasteiger partial charge is 0.282 e. The molecule has 1 aliphatic heterocycles. The molecule has 2 aliphatic rings. The largest absolute Gasteiger partial charge is 0.329 e. The number of fused-ring (bicyclic) bond motifs is 2. The van der Waals surface area contributed by atoms with Gasteiger partial charge in [0.25, 0.3) is 10.2 Å². The first-order chi connectivity index (χ1) is 10.6. The second-order valence-electron chi connectivity index (χ2n) is 6.33. The molecule has 1 aromatic carbocycles. The molecule has 22 heavy (non-hydrogen) atoms. The van der Waals surface area contributed by atoms with E-state index in [9.17, 15) is 8.42 Å². The number of hydrogen-bond acceptors (Lipinski definition) is 3. The second kappa shape index (κ2) is 6.66.